The number of anilines is 2. The molecule has 0 amide bonds. The quantitative estimate of drug-likeness (QED) is 0.319. The number of aromatic nitrogens is 4. The Bertz CT molecular complexity index is 1770. The predicted octanol–water partition coefficient (Wildman–Crippen LogP) is 3.82. The van der Waals surface area contributed by atoms with E-state index >= 15 is 0 Å². The van der Waals surface area contributed by atoms with Crippen molar-refractivity contribution in [2.75, 3.05) is 55.8 Å². The molecule has 0 atom stereocenters. The molecule has 0 bridgehead atoms. The first kappa shape index (κ1) is 29.0. The summed E-state index contributed by atoms with van der Waals surface area (Å²) in [5.41, 5.74) is 1.93. The second kappa shape index (κ2) is 11.9. The fraction of sp³-hybridized carbons (Fsp3) is 0.500. The number of ether oxygens (including phenoxy) is 3. The minimum Gasteiger partial charge on any atom is -0.490 e. The van der Waals surface area contributed by atoms with Crippen LogP contribution in [0.25, 0.3) is 21.8 Å². The normalized spacial score (nSPS) is 16.4. The molecule has 0 spiro atoms. The molecule has 0 radical (unpaired) electrons. The number of hydrogen-bond donors (Lipinski definition) is 0. The Morgan fingerprint density at radius 1 is 0.953 bits per heavy atom. The van der Waals surface area contributed by atoms with Crippen LogP contribution >= 0.6 is 0 Å². The van der Waals surface area contributed by atoms with E-state index in [1.54, 1.807) is 11.6 Å². The van der Waals surface area contributed by atoms with Crippen molar-refractivity contribution in [1.29, 1.82) is 0 Å². The van der Waals surface area contributed by atoms with E-state index in [0.717, 1.165) is 22.3 Å². The van der Waals surface area contributed by atoms with Gasteiger partial charge in [0.15, 0.2) is 11.5 Å². The van der Waals surface area contributed by atoms with Crippen LogP contribution in [0, 0.1) is 6.92 Å². The molecule has 2 aliphatic heterocycles. The standard InChI is InChI=1S/C32H40N6O5/c1-6-42-27-18-23-25(19-28(27)43-20(2)3)33-31(37-13-15-41-16-14-37)34-29(23)36-11-9-22(10-12-36)38-30(39)24-17-21(4)7-8-26(24)35(5)32(38)40/h7-8,17-20,22H,6,9-16H2,1-5H3. The zero-order valence-electron chi connectivity index (χ0n) is 25.6. The third-order valence-electron chi connectivity index (χ3n) is 8.27. The molecule has 11 heteroatoms. The fourth-order valence-corrected chi connectivity index (χ4v) is 6.12. The van der Waals surface area contributed by atoms with E-state index in [1.165, 1.54) is 4.57 Å². The highest BCUT2D eigenvalue weighted by molar-refractivity contribution is 5.93. The molecule has 0 unspecified atom stereocenters. The first-order valence-electron chi connectivity index (χ1n) is 15.2. The molecule has 2 aliphatic rings. The molecule has 6 rings (SSSR count). The van der Waals surface area contributed by atoms with Crippen LogP contribution < -0.4 is 30.5 Å². The third kappa shape index (κ3) is 5.53. The van der Waals surface area contributed by atoms with Gasteiger partial charge in [-0.2, -0.15) is 4.98 Å². The fourth-order valence-electron chi connectivity index (χ4n) is 6.12. The van der Waals surface area contributed by atoms with E-state index in [9.17, 15) is 9.59 Å². The molecule has 4 heterocycles. The van der Waals surface area contributed by atoms with E-state index in [4.69, 9.17) is 24.2 Å². The van der Waals surface area contributed by atoms with Crippen LogP contribution in [0.15, 0.2) is 39.9 Å². The highest BCUT2D eigenvalue weighted by Gasteiger charge is 2.28. The number of nitrogens with zero attached hydrogens (tertiary/aromatic N) is 6. The van der Waals surface area contributed by atoms with Crippen molar-refractivity contribution < 1.29 is 14.2 Å². The van der Waals surface area contributed by atoms with Crippen molar-refractivity contribution in [1.82, 2.24) is 19.1 Å². The van der Waals surface area contributed by atoms with Crippen molar-refractivity contribution in [2.24, 2.45) is 7.05 Å². The van der Waals surface area contributed by atoms with Gasteiger partial charge in [-0.15, -0.1) is 0 Å². The average molecular weight is 589 g/mol. The number of aryl methyl sites for hydroxylation is 2. The van der Waals surface area contributed by atoms with E-state index < -0.39 is 0 Å². The maximum atomic E-state index is 13.6. The molecule has 43 heavy (non-hydrogen) atoms. The van der Waals surface area contributed by atoms with Crippen LogP contribution in [0.1, 0.15) is 45.2 Å². The molecule has 2 fully saturated rings. The molecule has 2 aromatic heterocycles. The SMILES string of the molecule is CCOc1cc2c(N3CCC(n4c(=O)c5cc(C)ccc5n(C)c4=O)CC3)nc(N3CCOCC3)nc2cc1OC(C)C. The van der Waals surface area contributed by atoms with Crippen LogP contribution in [0.4, 0.5) is 11.8 Å². The summed E-state index contributed by atoms with van der Waals surface area (Å²) in [7, 11) is 1.73. The molecule has 0 N–H and O–H groups in total. The van der Waals surface area contributed by atoms with Gasteiger partial charge >= 0.3 is 5.69 Å². The first-order valence-corrected chi connectivity index (χ1v) is 15.2. The molecule has 2 saturated heterocycles. The Hall–Kier alpha value is -4.12. The van der Waals surface area contributed by atoms with E-state index in [-0.39, 0.29) is 23.4 Å². The van der Waals surface area contributed by atoms with Crippen molar-refractivity contribution in [3.63, 3.8) is 0 Å². The van der Waals surface area contributed by atoms with Gasteiger partial charge in [-0.3, -0.25) is 13.9 Å². The van der Waals surface area contributed by atoms with Gasteiger partial charge < -0.3 is 24.0 Å². The van der Waals surface area contributed by atoms with Crippen LogP contribution in [0.5, 0.6) is 11.5 Å². The number of rotatable bonds is 7. The summed E-state index contributed by atoms with van der Waals surface area (Å²) in [6.07, 6.45) is 1.25. The average Bonchev–Trinajstić information content (AvgIpc) is 3.00. The molecule has 11 nitrogen and oxygen atoms in total. The van der Waals surface area contributed by atoms with Gasteiger partial charge in [0, 0.05) is 50.7 Å². The highest BCUT2D eigenvalue weighted by Crippen LogP contribution is 2.38. The van der Waals surface area contributed by atoms with Gasteiger partial charge in [0.25, 0.3) is 5.56 Å². The topological polar surface area (TPSA) is 104 Å². The monoisotopic (exact) mass is 588 g/mol. The third-order valence-corrected chi connectivity index (χ3v) is 8.27. The lowest BCUT2D eigenvalue weighted by molar-refractivity contribution is 0.122. The first-order chi connectivity index (χ1) is 20.7. The van der Waals surface area contributed by atoms with Crippen LogP contribution in [-0.2, 0) is 11.8 Å². The Kier molecular flexibility index (Phi) is 8.00. The zero-order valence-corrected chi connectivity index (χ0v) is 25.6. The lowest BCUT2D eigenvalue weighted by Crippen LogP contribution is -2.45. The summed E-state index contributed by atoms with van der Waals surface area (Å²) < 4.78 is 20.7. The lowest BCUT2D eigenvalue weighted by atomic mass is 10.0. The van der Waals surface area contributed by atoms with Crippen LogP contribution in [0.3, 0.4) is 0 Å². The zero-order chi connectivity index (χ0) is 30.2. The van der Waals surface area contributed by atoms with Crippen molar-refractivity contribution >= 4 is 33.6 Å². The van der Waals surface area contributed by atoms with Crippen molar-refractivity contribution in [3.05, 3.63) is 56.7 Å². The van der Waals surface area contributed by atoms with Gasteiger partial charge in [0.2, 0.25) is 5.95 Å². The Balaban J connectivity index is 1.38. The maximum absolute atomic E-state index is 13.6. The molecule has 0 saturated carbocycles. The van der Waals surface area contributed by atoms with Gasteiger partial charge in [-0.1, -0.05) is 11.6 Å². The molecular weight excluding hydrogens is 548 g/mol. The van der Waals surface area contributed by atoms with Gasteiger partial charge in [0.1, 0.15) is 5.82 Å². The second-order valence-electron chi connectivity index (χ2n) is 11.6. The molecule has 2 aromatic carbocycles. The summed E-state index contributed by atoms with van der Waals surface area (Å²) in [6.45, 7) is 12.3. The van der Waals surface area contributed by atoms with Crippen molar-refractivity contribution in [2.45, 2.75) is 52.7 Å². The summed E-state index contributed by atoms with van der Waals surface area (Å²) in [5, 5.41) is 1.45. The molecule has 4 aromatic rings. The number of hydrogen-bond acceptors (Lipinski definition) is 9. The minimum absolute atomic E-state index is 0.0224. The van der Waals surface area contributed by atoms with Gasteiger partial charge in [-0.05, 0) is 58.7 Å². The molecule has 228 valence electrons. The minimum atomic E-state index is -0.277. The van der Waals surface area contributed by atoms with E-state index in [2.05, 4.69) is 9.80 Å². The van der Waals surface area contributed by atoms with Crippen LogP contribution in [-0.4, -0.2) is 71.2 Å². The van der Waals surface area contributed by atoms with Gasteiger partial charge in [-0.25, -0.2) is 9.78 Å². The summed E-state index contributed by atoms with van der Waals surface area (Å²) >= 11 is 0. The Morgan fingerprint density at radius 2 is 1.70 bits per heavy atom. The van der Waals surface area contributed by atoms with E-state index in [0.29, 0.717) is 87.2 Å². The number of morpholine rings is 1. The number of fused-ring (bicyclic) bond motifs is 2. The number of benzene rings is 2. The molecule has 0 aliphatic carbocycles. The van der Waals surface area contributed by atoms with E-state index in [1.807, 2.05) is 58.0 Å². The maximum Gasteiger partial charge on any atom is 0.331 e. The van der Waals surface area contributed by atoms with Gasteiger partial charge in [0.05, 0.1) is 42.3 Å². The largest absolute Gasteiger partial charge is 0.490 e. The Labute approximate surface area is 250 Å². The van der Waals surface area contributed by atoms with Crippen LogP contribution in [0.2, 0.25) is 0 Å². The molecular formula is C32H40N6O5. The number of piperidine rings is 1. The summed E-state index contributed by atoms with van der Waals surface area (Å²) in [4.78, 5) is 41.4. The summed E-state index contributed by atoms with van der Waals surface area (Å²) in [6, 6.07) is 9.37. The summed E-state index contributed by atoms with van der Waals surface area (Å²) in [5.74, 6) is 2.78. The highest BCUT2D eigenvalue weighted by atomic mass is 16.5. The second-order valence-corrected chi connectivity index (χ2v) is 11.6. The smallest absolute Gasteiger partial charge is 0.331 e. The Morgan fingerprint density at radius 3 is 2.40 bits per heavy atom. The lowest BCUT2D eigenvalue weighted by Gasteiger charge is -2.35. The van der Waals surface area contributed by atoms with Crippen molar-refractivity contribution in [3.8, 4) is 11.5 Å². The predicted molar refractivity (Wildman–Crippen MR) is 168 cm³/mol.